The zero-order valence-corrected chi connectivity index (χ0v) is 7.41. The highest BCUT2D eigenvalue weighted by Crippen LogP contribution is 1.96. The van der Waals surface area contributed by atoms with Crippen molar-refractivity contribution in [3.63, 3.8) is 0 Å². The van der Waals surface area contributed by atoms with E-state index in [1.165, 1.54) is 6.92 Å². The lowest BCUT2D eigenvalue weighted by Crippen LogP contribution is -2.24. The van der Waals surface area contributed by atoms with E-state index in [-0.39, 0.29) is 19.1 Å². The molecule has 0 aromatic rings. The zero-order chi connectivity index (χ0) is 8.91. The molecule has 0 fully saturated rings. The summed E-state index contributed by atoms with van der Waals surface area (Å²) in [5, 5.41) is 2.33. The van der Waals surface area contributed by atoms with Crippen LogP contribution in [0.5, 0.6) is 0 Å². The van der Waals surface area contributed by atoms with Gasteiger partial charge in [0.1, 0.15) is 0 Å². The molecule has 0 aliphatic carbocycles. The second-order valence-corrected chi connectivity index (χ2v) is 3.85. The second-order valence-electron chi connectivity index (χ2n) is 1.70. The van der Waals surface area contributed by atoms with Crippen molar-refractivity contribution >= 4 is 25.9 Å². The molecule has 0 unspecified atom stereocenters. The molecule has 0 radical (unpaired) electrons. The minimum atomic E-state index is -3.90. The first-order valence-corrected chi connectivity index (χ1v) is 4.99. The average molecular weight is 202 g/mol. The molecule has 0 heterocycles. The van der Waals surface area contributed by atoms with E-state index in [2.05, 4.69) is 20.2 Å². The molecule has 0 saturated carbocycles. The van der Waals surface area contributed by atoms with Crippen molar-refractivity contribution in [1.82, 2.24) is 5.32 Å². The van der Waals surface area contributed by atoms with Crippen LogP contribution in [-0.2, 0) is 18.3 Å². The largest absolute Gasteiger partial charge is 0.355 e. The van der Waals surface area contributed by atoms with Crippen molar-refractivity contribution in [2.24, 2.45) is 0 Å². The lowest BCUT2D eigenvalue weighted by atomic mass is 10.6. The van der Waals surface area contributed by atoms with Gasteiger partial charge in [0.15, 0.2) is 0 Å². The molecule has 0 saturated heterocycles. The molecular weight excluding hydrogens is 194 g/mol. The quantitative estimate of drug-likeness (QED) is 0.497. The Labute approximate surface area is 69.3 Å². The predicted molar refractivity (Wildman–Crippen MR) is 39.4 cm³/mol. The van der Waals surface area contributed by atoms with Crippen LogP contribution < -0.4 is 5.32 Å². The molecular formula is C4H8ClNO4S. The van der Waals surface area contributed by atoms with Gasteiger partial charge in [-0.3, -0.25) is 8.98 Å². The third kappa shape index (κ3) is 9.67. The van der Waals surface area contributed by atoms with Crippen LogP contribution in [0.2, 0.25) is 0 Å². The Kier molecular flexibility index (Phi) is 4.39. The normalized spacial score (nSPS) is 11.1. The highest BCUT2D eigenvalue weighted by atomic mass is 35.7. The monoisotopic (exact) mass is 201 g/mol. The maximum Gasteiger partial charge on any atom is 0.355 e. The van der Waals surface area contributed by atoms with Crippen molar-refractivity contribution in [1.29, 1.82) is 0 Å². The van der Waals surface area contributed by atoms with E-state index in [9.17, 15) is 13.2 Å². The van der Waals surface area contributed by atoms with Crippen LogP contribution >= 0.6 is 10.7 Å². The zero-order valence-electron chi connectivity index (χ0n) is 5.83. The molecule has 11 heavy (non-hydrogen) atoms. The van der Waals surface area contributed by atoms with Crippen LogP contribution in [0.4, 0.5) is 0 Å². The van der Waals surface area contributed by atoms with E-state index in [1.54, 1.807) is 0 Å². The fourth-order valence-electron chi connectivity index (χ4n) is 0.368. The Balaban J connectivity index is 3.37. The Bertz CT molecular complexity index is 224. The minimum Gasteiger partial charge on any atom is -0.354 e. The van der Waals surface area contributed by atoms with Crippen LogP contribution in [0.25, 0.3) is 0 Å². The van der Waals surface area contributed by atoms with Gasteiger partial charge in [-0.1, -0.05) is 0 Å². The first kappa shape index (κ1) is 10.7. The van der Waals surface area contributed by atoms with Gasteiger partial charge in [-0.2, -0.15) is 8.42 Å². The van der Waals surface area contributed by atoms with Crippen LogP contribution in [0.15, 0.2) is 0 Å². The van der Waals surface area contributed by atoms with Crippen molar-refractivity contribution in [3.8, 4) is 0 Å². The summed E-state index contributed by atoms with van der Waals surface area (Å²) in [7, 11) is 0.785. The van der Waals surface area contributed by atoms with E-state index in [0.29, 0.717) is 0 Å². The highest BCUT2D eigenvalue weighted by Gasteiger charge is 2.03. The summed E-state index contributed by atoms with van der Waals surface area (Å²) in [6.45, 7) is 1.29. The van der Waals surface area contributed by atoms with Gasteiger partial charge in [0, 0.05) is 24.2 Å². The number of nitrogens with one attached hydrogen (secondary N) is 1. The summed E-state index contributed by atoms with van der Waals surface area (Å²) in [6.07, 6.45) is 0. The summed E-state index contributed by atoms with van der Waals surface area (Å²) in [6, 6.07) is 0. The van der Waals surface area contributed by atoms with Crippen molar-refractivity contribution < 1.29 is 17.4 Å². The SMILES string of the molecule is CC(=O)NCCOS(=O)(=O)Cl. The summed E-state index contributed by atoms with van der Waals surface area (Å²) in [5.74, 6) is -0.249. The molecule has 1 amide bonds. The minimum absolute atomic E-state index is 0.126. The molecule has 0 spiro atoms. The number of hydrogen-bond donors (Lipinski definition) is 1. The van der Waals surface area contributed by atoms with Gasteiger partial charge < -0.3 is 5.32 Å². The Morgan fingerprint density at radius 2 is 2.18 bits per heavy atom. The second kappa shape index (κ2) is 4.53. The molecule has 0 aromatic carbocycles. The fourth-order valence-corrected chi connectivity index (χ4v) is 0.840. The van der Waals surface area contributed by atoms with E-state index >= 15 is 0 Å². The molecule has 0 aromatic heterocycles. The van der Waals surface area contributed by atoms with Crippen LogP contribution in [-0.4, -0.2) is 27.5 Å². The molecule has 66 valence electrons. The standard InChI is InChI=1S/C4H8ClNO4S/c1-4(7)6-2-3-10-11(5,8)9/h2-3H2,1H3,(H,6,7). The topological polar surface area (TPSA) is 72.5 Å². The maximum atomic E-state index is 10.2. The van der Waals surface area contributed by atoms with Crippen molar-refractivity contribution in [2.45, 2.75) is 6.92 Å². The molecule has 0 aliphatic rings. The van der Waals surface area contributed by atoms with E-state index in [4.69, 9.17) is 0 Å². The maximum absolute atomic E-state index is 10.2. The first-order valence-electron chi connectivity index (χ1n) is 2.75. The number of carbonyl (C=O) groups excluding carboxylic acids is 1. The lowest BCUT2D eigenvalue weighted by molar-refractivity contribution is -0.119. The average Bonchev–Trinajstić information content (AvgIpc) is 1.78. The predicted octanol–water partition coefficient (Wildman–Crippen LogP) is -0.377. The number of amides is 1. The Hall–Kier alpha value is -0.330. The molecule has 0 rings (SSSR count). The molecule has 5 nitrogen and oxygen atoms in total. The summed E-state index contributed by atoms with van der Waals surface area (Å²) < 4.78 is 24.3. The third-order valence-corrected chi connectivity index (χ3v) is 1.42. The van der Waals surface area contributed by atoms with E-state index < -0.39 is 9.33 Å². The fraction of sp³-hybridized carbons (Fsp3) is 0.750. The van der Waals surface area contributed by atoms with E-state index in [1.807, 2.05) is 0 Å². The number of carbonyl (C=O) groups is 1. The molecule has 0 atom stereocenters. The molecule has 0 bridgehead atoms. The molecule has 0 aliphatic heterocycles. The van der Waals surface area contributed by atoms with Gasteiger partial charge in [0.25, 0.3) is 0 Å². The van der Waals surface area contributed by atoms with Crippen LogP contribution in [0.3, 0.4) is 0 Å². The van der Waals surface area contributed by atoms with Gasteiger partial charge in [-0.05, 0) is 0 Å². The summed E-state index contributed by atoms with van der Waals surface area (Å²) >= 11 is 0. The molecule has 1 N–H and O–H groups in total. The van der Waals surface area contributed by atoms with E-state index in [0.717, 1.165) is 0 Å². The first-order chi connectivity index (χ1) is 4.92. The summed E-state index contributed by atoms with van der Waals surface area (Å²) in [5.41, 5.74) is 0. The van der Waals surface area contributed by atoms with Crippen molar-refractivity contribution in [2.75, 3.05) is 13.2 Å². The van der Waals surface area contributed by atoms with Crippen LogP contribution in [0, 0.1) is 0 Å². The smallest absolute Gasteiger partial charge is 0.354 e. The van der Waals surface area contributed by atoms with Crippen molar-refractivity contribution in [3.05, 3.63) is 0 Å². The van der Waals surface area contributed by atoms with Gasteiger partial charge in [-0.15, -0.1) is 0 Å². The number of rotatable bonds is 4. The third-order valence-electron chi connectivity index (χ3n) is 0.700. The molecule has 7 heteroatoms. The lowest BCUT2D eigenvalue weighted by Gasteiger charge is -1.99. The van der Waals surface area contributed by atoms with Gasteiger partial charge in [0.2, 0.25) is 5.91 Å². The van der Waals surface area contributed by atoms with Gasteiger partial charge in [-0.25, -0.2) is 0 Å². The number of halogens is 1. The van der Waals surface area contributed by atoms with Gasteiger partial charge in [0.05, 0.1) is 6.61 Å². The van der Waals surface area contributed by atoms with Crippen LogP contribution in [0.1, 0.15) is 6.92 Å². The van der Waals surface area contributed by atoms with Gasteiger partial charge >= 0.3 is 9.33 Å². The Morgan fingerprint density at radius 3 is 2.55 bits per heavy atom. The number of hydrogen-bond acceptors (Lipinski definition) is 4. The highest BCUT2D eigenvalue weighted by molar-refractivity contribution is 8.09. The summed E-state index contributed by atoms with van der Waals surface area (Å²) in [4.78, 5) is 10.2. The Morgan fingerprint density at radius 1 is 1.64 bits per heavy atom.